The summed E-state index contributed by atoms with van der Waals surface area (Å²) >= 11 is 2.89. The molecule has 0 spiro atoms. The van der Waals surface area contributed by atoms with E-state index in [0.29, 0.717) is 18.5 Å². The molecule has 0 atom stereocenters. The van der Waals surface area contributed by atoms with E-state index in [1.54, 1.807) is 19.0 Å². The lowest BCUT2D eigenvalue weighted by Crippen LogP contribution is -2.23. The molecule has 18 heavy (non-hydrogen) atoms. The summed E-state index contributed by atoms with van der Waals surface area (Å²) in [6, 6.07) is 5.62. The molecular weight excluding hydrogens is 300 g/mol. The van der Waals surface area contributed by atoms with E-state index in [1.807, 2.05) is 18.2 Å². The number of aromatic nitrogens is 1. The molecule has 0 fully saturated rings. The summed E-state index contributed by atoms with van der Waals surface area (Å²) in [5, 5.41) is 0. The number of hydrogen-bond donors (Lipinski definition) is 0. The van der Waals surface area contributed by atoms with Crippen molar-refractivity contribution in [3.05, 3.63) is 34.3 Å². The highest BCUT2D eigenvalue weighted by Crippen LogP contribution is 2.15. The van der Waals surface area contributed by atoms with E-state index in [0.717, 1.165) is 11.1 Å². The van der Waals surface area contributed by atoms with Crippen LogP contribution >= 0.6 is 15.9 Å². The molecule has 96 valence electrons. The van der Waals surface area contributed by atoms with Crippen molar-refractivity contribution in [2.75, 3.05) is 13.6 Å². The summed E-state index contributed by atoms with van der Waals surface area (Å²) in [4.78, 5) is 23.8. The predicted octanol–water partition coefficient (Wildman–Crippen LogP) is 2.12. The predicted molar refractivity (Wildman–Crippen MR) is 72.1 cm³/mol. The number of aryl methyl sites for hydroxylation is 1. The average Bonchev–Trinajstić information content (AvgIpc) is 2.61. The van der Waals surface area contributed by atoms with Crippen molar-refractivity contribution >= 4 is 31.8 Å². The van der Waals surface area contributed by atoms with Gasteiger partial charge in [-0.2, -0.15) is 0 Å². The van der Waals surface area contributed by atoms with Crippen LogP contribution in [0.2, 0.25) is 0 Å². The monoisotopic (exact) mass is 312 g/mol. The van der Waals surface area contributed by atoms with Gasteiger partial charge >= 0.3 is 5.76 Å². The first-order valence-corrected chi connectivity index (χ1v) is 6.27. The van der Waals surface area contributed by atoms with Crippen LogP contribution in [0.4, 0.5) is 4.79 Å². The van der Waals surface area contributed by atoms with Gasteiger partial charge in [0.25, 0.3) is 4.82 Å². The van der Waals surface area contributed by atoms with Crippen LogP contribution in [-0.4, -0.2) is 27.9 Å². The van der Waals surface area contributed by atoms with Crippen LogP contribution in [0.1, 0.15) is 5.56 Å². The van der Waals surface area contributed by atoms with Gasteiger partial charge in [0, 0.05) is 36.6 Å². The van der Waals surface area contributed by atoms with Crippen molar-refractivity contribution in [2.24, 2.45) is 7.05 Å². The molecule has 0 unspecified atom stereocenters. The van der Waals surface area contributed by atoms with Gasteiger partial charge in [-0.05, 0) is 24.1 Å². The van der Waals surface area contributed by atoms with Gasteiger partial charge in [-0.25, -0.2) is 4.79 Å². The van der Waals surface area contributed by atoms with Crippen LogP contribution in [0.15, 0.2) is 27.4 Å². The zero-order valence-electron chi connectivity index (χ0n) is 10.1. The average molecular weight is 313 g/mol. The normalized spacial score (nSPS) is 10.8. The molecule has 1 aromatic carbocycles. The third kappa shape index (κ3) is 2.48. The highest BCUT2D eigenvalue weighted by Gasteiger charge is 2.08. The largest absolute Gasteiger partial charge is 0.419 e. The van der Waals surface area contributed by atoms with Crippen LogP contribution < -0.4 is 5.76 Å². The van der Waals surface area contributed by atoms with Crippen LogP contribution in [0, 0.1) is 0 Å². The van der Waals surface area contributed by atoms with E-state index in [4.69, 9.17) is 4.42 Å². The Morgan fingerprint density at radius 3 is 2.89 bits per heavy atom. The van der Waals surface area contributed by atoms with E-state index in [-0.39, 0.29) is 10.6 Å². The molecule has 0 saturated heterocycles. The Morgan fingerprint density at radius 2 is 2.22 bits per heavy atom. The fourth-order valence-corrected chi connectivity index (χ4v) is 1.90. The minimum atomic E-state index is -0.366. The molecule has 0 aliphatic rings. The number of benzene rings is 1. The number of nitrogens with zero attached hydrogens (tertiary/aromatic N) is 2. The highest BCUT2D eigenvalue weighted by atomic mass is 79.9. The zero-order chi connectivity index (χ0) is 13.3. The van der Waals surface area contributed by atoms with E-state index >= 15 is 0 Å². The highest BCUT2D eigenvalue weighted by molar-refractivity contribution is 9.18. The quantitative estimate of drug-likeness (QED) is 0.644. The lowest BCUT2D eigenvalue weighted by Gasteiger charge is -2.12. The van der Waals surface area contributed by atoms with E-state index < -0.39 is 0 Å². The molecule has 5 nitrogen and oxygen atoms in total. The molecular formula is C12H13BrN2O3. The van der Waals surface area contributed by atoms with Crippen molar-refractivity contribution < 1.29 is 9.21 Å². The number of carbonyl (C=O) groups excluding carboxylic acids is 1. The lowest BCUT2D eigenvalue weighted by atomic mass is 10.1. The van der Waals surface area contributed by atoms with E-state index in [1.165, 1.54) is 4.57 Å². The Labute approximate surface area is 112 Å². The fourth-order valence-electron chi connectivity index (χ4n) is 1.72. The van der Waals surface area contributed by atoms with Crippen molar-refractivity contribution in [3.63, 3.8) is 0 Å². The van der Waals surface area contributed by atoms with Crippen LogP contribution in [-0.2, 0) is 13.5 Å². The van der Waals surface area contributed by atoms with Gasteiger partial charge in [0.05, 0.1) is 5.52 Å². The molecule has 1 aromatic heterocycles. The van der Waals surface area contributed by atoms with Crippen LogP contribution in [0.25, 0.3) is 11.1 Å². The molecule has 1 heterocycles. The van der Waals surface area contributed by atoms with E-state index in [9.17, 15) is 9.59 Å². The summed E-state index contributed by atoms with van der Waals surface area (Å²) < 4.78 is 6.58. The van der Waals surface area contributed by atoms with Crippen LogP contribution in [0.3, 0.4) is 0 Å². The maximum absolute atomic E-state index is 11.3. The van der Waals surface area contributed by atoms with E-state index in [2.05, 4.69) is 15.9 Å². The second-order valence-electron chi connectivity index (χ2n) is 4.15. The van der Waals surface area contributed by atoms with Crippen molar-refractivity contribution in [1.82, 2.24) is 9.47 Å². The molecule has 0 saturated carbocycles. The van der Waals surface area contributed by atoms with Gasteiger partial charge in [0.15, 0.2) is 5.58 Å². The van der Waals surface area contributed by atoms with Gasteiger partial charge < -0.3 is 9.32 Å². The van der Waals surface area contributed by atoms with Crippen molar-refractivity contribution in [1.29, 1.82) is 0 Å². The summed E-state index contributed by atoms with van der Waals surface area (Å²) in [5.41, 5.74) is 2.37. The Kier molecular flexibility index (Phi) is 3.56. The number of halogens is 1. The molecule has 0 N–H and O–H groups in total. The minimum absolute atomic E-state index is 0.144. The third-order valence-corrected chi connectivity index (χ3v) is 3.50. The molecule has 0 radical (unpaired) electrons. The van der Waals surface area contributed by atoms with Gasteiger partial charge in [-0.3, -0.25) is 9.36 Å². The first kappa shape index (κ1) is 12.9. The SMILES string of the molecule is CN(CCc1ccc2c(c1)oc(=O)n2C)C(=O)Br. The summed E-state index contributed by atoms with van der Waals surface area (Å²) in [5.74, 6) is -0.366. The Balaban J connectivity index is 2.20. The van der Waals surface area contributed by atoms with Crippen molar-refractivity contribution in [3.8, 4) is 0 Å². The summed E-state index contributed by atoms with van der Waals surface area (Å²) in [6.07, 6.45) is 0.711. The summed E-state index contributed by atoms with van der Waals surface area (Å²) in [7, 11) is 3.39. The first-order valence-electron chi connectivity index (χ1n) is 5.48. The van der Waals surface area contributed by atoms with Gasteiger partial charge in [0.2, 0.25) is 0 Å². The third-order valence-electron chi connectivity index (χ3n) is 2.89. The molecule has 1 amide bonds. The number of hydrogen-bond acceptors (Lipinski definition) is 3. The standard InChI is InChI=1S/C12H13BrN2O3/c1-14(11(13)16)6-5-8-3-4-9-10(7-8)18-12(17)15(9)2/h3-4,7H,5-6H2,1-2H3. The molecule has 0 aliphatic carbocycles. The fraction of sp³-hybridized carbons (Fsp3) is 0.333. The topological polar surface area (TPSA) is 55.5 Å². The zero-order valence-corrected chi connectivity index (χ0v) is 11.7. The van der Waals surface area contributed by atoms with Crippen molar-refractivity contribution in [2.45, 2.75) is 6.42 Å². The molecule has 0 aliphatic heterocycles. The molecule has 2 rings (SSSR count). The van der Waals surface area contributed by atoms with Gasteiger partial charge in [-0.15, -0.1) is 0 Å². The number of amides is 1. The molecule has 0 bridgehead atoms. The van der Waals surface area contributed by atoms with Crippen LogP contribution in [0.5, 0.6) is 0 Å². The number of oxazole rings is 1. The number of carbonyl (C=O) groups is 1. The molecule has 6 heteroatoms. The first-order chi connectivity index (χ1) is 8.49. The Hall–Kier alpha value is -1.56. The smallest absolute Gasteiger partial charge is 0.408 e. The number of likely N-dealkylation sites (N-methyl/N-ethyl adjacent to an activating group) is 1. The minimum Gasteiger partial charge on any atom is -0.408 e. The Morgan fingerprint density at radius 1 is 1.50 bits per heavy atom. The number of fused-ring (bicyclic) bond motifs is 1. The summed E-state index contributed by atoms with van der Waals surface area (Å²) in [6.45, 7) is 0.604. The maximum Gasteiger partial charge on any atom is 0.419 e. The molecule has 2 aromatic rings. The number of rotatable bonds is 3. The second kappa shape index (κ2) is 4.97. The maximum atomic E-state index is 11.3. The van der Waals surface area contributed by atoms with Gasteiger partial charge in [0.1, 0.15) is 0 Å². The lowest BCUT2D eigenvalue weighted by molar-refractivity contribution is 0.235. The second-order valence-corrected chi connectivity index (χ2v) is 4.83. The Bertz CT molecular complexity index is 644. The van der Waals surface area contributed by atoms with Gasteiger partial charge in [-0.1, -0.05) is 6.07 Å².